The van der Waals surface area contributed by atoms with Crippen LogP contribution >= 0.6 is 12.6 Å². The number of carbonyl (C=O) groups excluding carboxylic acids is 2. The number of methoxy groups -OCH3 is 1. The number of Topliss-reactive ketones (excluding diaryl/α,β-unsaturated/α-hetero) is 1. The van der Waals surface area contributed by atoms with Crippen molar-refractivity contribution in [2.24, 2.45) is 11.3 Å². The molecular weight excluding hydrogens is 200 g/mol. The molecule has 2 rings (SSSR count). The van der Waals surface area contributed by atoms with E-state index < -0.39 is 11.9 Å². The van der Waals surface area contributed by atoms with E-state index in [0.717, 1.165) is 19.3 Å². The van der Waals surface area contributed by atoms with Gasteiger partial charge >= 0.3 is 5.97 Å². The fourth-order valence-electron chi connectivity index (χ4n) is 2.30. The van der Waals surface area contributed by atoms with E-state index in [1.165, 1.54) is 7.11 Å². The molecule has 0 amide bonds. The maximum absolute atomic E-state index is 11.7. The van der Waals surface area contributed by atoms with Crippen molar-refractivity contribution >= 4 is 24.4 Å². The van der Waals surface area contributed by atoms with E-state index in [0.29, 0.717) is 6.42 Å². The van der Waals surface area contributed by atoms with Crippen molar-refractivity contribution in [2.45, 2.75) is 30.9 Å². The van der Waals surface area contributed by atoms with Gasteiger partial charge in [-0.3, -0.25) is 9.59 Å². The summed E-state index contributed by atoms with van der Waals surface area (Å²) in [4.78, 5) is 23.0. The molecule has 0 aromatic heterocycles. The SMILES string of the molecule is COC(=O)C1C(=O)CC2(CC2)CC1S. The molecule has 2 saturated carbocycles. The van der Waals surface area contributed by atoms with E-state index in [2.05, 4.69) is 17.4 Å². The van der Waals surface area contributed by atoms with Gasteiger partial charge < -0.3 is 4.74 Å². The van der Waals surface area contributed by atoms with E-state index in [4.69, 9.17) is 0 Å². The predicted octanol–water partition coefficient (Wildman–Crippen LogP) is 1.22. The number of hydrogen-bond donors (Lipinski definition) is 1. The number of ether oxygens (including phenoxy) is 1. The molecule has 0 N–H and O–H groups in total. The third-order valence-corrected chi connectivity index (χ3v) is 3.82. The first kappa shape index (κ1) is 10.0. The number of ketones is 1. The van der Waals surface area contributed by atoms with Gasteiger partial charge in [-0.15, -0.1) is 0 Å². The van der Waals surface area contributed by atoms with Crippen molar-refractivity contribution in [3.8, 4) is 0 Å². The molecule has 2 atom stereocenters. The molecule has 0 aromatic carbocycles. The van der Waals surface area contributed by atoms with Crippen LogP contribution in [-0.2, 0) is 14.3 Å². The summed E-state index contributed by atoms with van der Waals surface area (Å²) in [5.74, 6) is -1.04. The lowest BCUT2D eigenvalue weighted by Crippen LogP contribution is -2.40. The normalized spacial score (nSPS) is 34.3. The third kappa shape index (κ3) is 1.56. The van der Waals surface area contributed by atoms with Gasteiger partial charge in [0.05, 0.1) is 7.11 Å². The fraction of sp³-hybridized carbons (Fsp3) is 0.800. The molecule has 0 aliphatic heterocycles. The van der Waals surface area contributed by atoms with Gasteiger partial charge in [0.25, 0.3) is 0 Å². The van der Waals surface area contributed by atoms with Gasteiger partial charge in [-0.2, -0.15) is 12.6 Å². The quantitative estimate of drug-likeness (QED) is 0.405. The van der Waals surface area contributed by atoms with Crippen molar-refractivity contribution < 1.29 is 14.3 Å². The topological polar surface area (TPSA) is 43.4 Å². The summed E-state index contributed by atoms with van der Waals surface area (Å²) in [5, 5.41) is -0.147. The van der Waals surface area contributed by atoms with Crippen LogP contribution in [0.3, 0.4) is 0 Å². The van der Waals surface area contributed by atoms with Crippen LogP contribution < -0.4 is 0 Å². The Morgan fingerprint density at radius 3 is 2.64 bits per heavy atom. The van der Waals surface area contributed by atoms with E-state index in [-0.39, 0.29) is 16.4 Å². The molecule has 2 unspecified atom stereocenters. The van der Waals surface area contributed by atoms with E-state index >= 15 is 0 Å². The summed E-state index contributed by atoms with van der Waals surface area (Å²) in [5.41, 5.74) is 0.202. The van der Waals surface area contributed by atoms with Crippen molar-refractivity contribution in [3.63, 3.8) is 0 Å². The molecule has 0 saturated heterocycles. The fourth-order valence-corrected chi connectivity index (χ4v) is 2.98. The zero-order valence-electron chi connectivity index (χ0n) is 8.16. The van der Waals surface area contributed by atoms with Crippen LogP contribution in [0.25, 0.3) is 0 Å². The predicted molar refractivity (Wildman–Crippen MR) is 54.2 cm³/mol. The highest BCUT2D eigenvalue weighted by atomic mass is 32.1. The van der Waals surface area contributed by atoms with Crippen LogP contribution in [-0.4, -0.2) is 24.1 Å². The summed E-state index contributed by atoms with van der Waals surface area (Å²) in [6, 6.07) is 0. The summed E-state index contributed by atoms with van der Waals surface area (Å²) < 4.78 is 4.61. The molecule has 2 aliphatic rings. The number of esters is 1. The third-order valence-electron chi connectivity index (χ3n) is 3.34. The Balaban J connectivity index is 2.11. The smallest absolute Gasteiger partial charge is 0.317 e. The molecule has 0 aromatic rings. The minimum atomic E-state index is -0.630. The zero-order valence-corrected chi connectivity index (χ0v) is 9.05. The van der Waals surface area contributed by atoms with Gasteiger partial charge in [-0.1, -0.05) is 0 Å². The molecule has 2 fully saturated rings. The Bertz CT molecular complexity index is 283. The van der Waals surface area contributed by atoms with Crippen molar-refractivity contribution in [1.82, 2.24) is 0 Å². The van der Waals surface area contributed by atoms with Gasteiger partial charge in [-0.25, -0.2) is 0 Å². The van der Waals surface area contributed by atoms with Gasteiger partial charge in [-0.05, 0) is 24.7 Å². The first-order valence-corrected chi connectivity index (χ1v) is 5.38. The second-order valence-electron chi connectivity index (χ2n) is 4.42. The van der Waals surface area contributed by atoms with Crippen LogP contribution in [0, 0.1) is 11.3 Å². The minimum Gasteiger partial charge on any atom is -0.468 e. The molecule has 4 heteroatoms. The zero-order chi connectivity index (χ0) is 10.3. The molecule has 0 heterocycles. The van der Waals surface area contributed by atoms with Gasteiger partial charge in [0.1, 0.15) is 11.7 Å². The second-order valence-corrected chi connectivity index (χ2v) is 5.08. The Morgan fingerprint density at radius 1 is 1.57 bits per heavy atom. The van der Waals surface area contributed by atoms with E-state index in [9.17, 15) is 9.59 Å². The molecule has 14 heavy (non-hydrogen) atoms. The molecule has 3 nitrogen and oxygen atoms in total. The van der Waals surface area contributed by atoms with Gasteiger partial charge in [0.2, 0.25) is 0 Å². The first-order chi connectivity index (χ1) is 6.58. The van der Waals surface area contributed by atoms with Crippen molar-refractivity contribution in [2.75, 3.05) is 7.11 Å². The Kier molecular flexibility index (Phi) is 2.33. The Morgan fingerprint density at radius 2 is 2.21 bits per heavy atom. The summed E-state index contributed by atoms with van der Waals surface area (Å²) in [6.45, 7) is 0. The van der Waals surface area contributed by atoms with E-state index in [1.807, 2.05) is 0 Å². The van der Waals surface area contributed by atoms with Crippen LogP contribution in [0.5, 0.6) is 0 Å². The lowest BCUT2D eigenvalue weighted by atomic mass is 9.78. The molecule has 0 radical (unpaired) electrons. The van der Waals surface area contributed by atoms with Crippen LogP contribution in [0.1, 0.15) is 25.7 Å². The highest BCUT2D eigenvalue weighted by Gasteiger charge is 2.53. The Labute approximate surface area is 88.6 Å². The molecule has 0 bridgehead atoms. The molecular formula is C10H14O3S. The monoisotopic (exact) mass is 214 g/mol. The maximum Gasteiger partial charge on any atom is 0.317 e. The highest BCUT2D eigenvalue weighted by molar-refractivity contribution is 7.81. The Hall–Kier alpha value is -0.510. The minimum absolute atomic E-state index is 0.0144. The number of hydrogen-bond acceptors (Lipinski definition) is 4. The first-order valence-electron chi connectivity index (χ1n) is 4.87. The summed E-state index contributed by atoms with van der Waals surface area (Å²) in [6.07, 6.45) is 3.65. The van der Waals surface area contributed by atoms with Crippen molar-refractivity contribution in [3.05, 3.63) is 0 Å². The summed E-state index contributed by atoms with van der Waals surface area (Å²) >= 11 is 4.34. The molecule has 2 aliphatic carbocycles. The van der Waals surface area contributed by atoms with Gasteiger partial charge in [0, 0.05) is 11.7 Å². The average molecular weight is 214 g/mol. The number of rotatable bonds is 1. The van der Waals surface area contributed by atoms with Crippen LogP contribution in [0.15, 0.2) is 0 Å². The van der Waals surface area contributed by atoms with E-state index in [1.54, 1.807) is 0 Å². The standard InChI is InChI=1S/C10H14O3S/c1-13-9(12)8-6(11)4-10(2-3-10)5-7(8)14/h7-8,14H,2-5H2,1H3. The van der Waals surface area contributed by atoms with Crippen LogP contribution in [0.4, 0.5) is 0 Å². The summed E-state index contributed by atoms with van der Waals surface area (Å²) in [7, 11) is 1.32. The van der Waals surface area contributed by atoms with Crippen LogP contribution in [0.2, 0.25) is 0 Å². The highest BCUT2D eigenvalue weighted by Crippen LogP contribution is 2.57. The average Bonchev–Trinajstić information content (AvgIpc) is 2.82. The van der Waals surface area contributed by atoms with Gasteiger partial charge in [0.15, 0.2) is 0 Å². The molecule has 1 spiro atoms. The molecule has 78 valence electrons. The number of carbonyl (C=O) groups is 2. The van der Waals surface area contributed by atoms with Crippen molar-refractivity contribution in [1.29, 1.82) is 0 Å². The largest absolute Gasteiger partial charge is 0.468 e. The second kappa shape index (κ2) is 3.26. The number of thiol groups is 1. The lowest BCUT2D eigenvalue weighted by molar-refractivity contribution is -0.151. The maximum atomic E-state index is 11.7. The lowest BCUT2D eigenvalue weighted by Gasteiger charge is -2.30.